The van der Waals surface area contributed by atoms with Gasteiger partial charge in [-0.25, -0.2) is 0 Å². The lowest BCUT2D eigenvalue weighted by molar-refractivity contribution is 0.444. The second-order valence-electron chi connectivity index (χ2n) is 5.83. The molecule has 0 amide bonds. The van der Waals surface area contributed by atoms with Crippen LogP contribution in [0.4, 0.5) is 0 Å². The first-order valence-electron chi connectivity index (χ1n) is 7.23. The van der Waals surface area contributed by atoms with E-state index in [0.717, 1.165) is 19.5 Å². The number of nitriles is 1. The van der Waals surface area contributed by atoms with Crippen LogP contribution in [0.25, 0.3) is 0 Å². The van der Waals surface area contributed by atoms with Gasteiger partial charge in [0.1, 0.15) is 0 Å². The van der Waals surface area contributed by atoms with Crippen LogP contribution in [0.15, 0.2) is 24.3 Å². The molecule has 2 nitrogen and oxygen atoms in total. The van der Waals surface area contributed by atoms with Crippen molar-refractivity contribution < 1.29 is 0 Å². The SMILES string of the molecule is CC(C)c1ccc(CCNCC(C#N)C(C)C)cc1. The molecule has 0 aromatic heterocycles. The molecular weight excluding hydrogens is 232 g/mol. The van der Waals surface area contributed by atoms with Crippen molar-refractivity contribution in [2.75, 3.05) is 13.1 Å². The van der Waals surface area contributed by atoms with Crippen molar-refractivity contribution >= 4 is 0 Å². The highest BCUT2D eigenvalue weighted by molar-refractivity contribution is 5.24. The highest BCUT2D eigenvalue weighted by Crippen LogP contribution is 2.14. The highest BCUT2D eigenvalue weighted by Gasteiger charge is 2.10. The first-order chi connectivity index (χ1) is 9.04. The quantitative estimate of drug-likeness (QED) is 0.756. The van der Waals surface area contributed by atoms with E-state index in [9.17, 15) is 0 Å². The van der Waals surface area contributed by atoms with Gasteiger partial charge in [0.15, 0.2) is 0 Å². The molecule has 0 aliphatic rings. The third kappa shape index (κ3) is 5.44. The zero-order valence-electron chi connectivity index (χ0n) is 12.6. The maximum absolute atomic E-state index is 9.01. The van der Waals surface area contributed by atoms with Crippen molar-refractivity contribution in [1.29, 1.82) is 5.26 Å². The molecule has 1 atom stereocenters. The minimum absolute atomic E-state index is 0.114. The van der Waals surface area contributed by atoms with Gasteiger partial charge in [-0.15, -0.1) is 0 Å². The van der Waals surface area contributed by atoms with Crippen LogP contribution >= 0.6 is 0 Å². The van der Waals surface area contributed by atoms with Crippen LogP contribution in [0.3, 0.4) is 0 Å². The Labute approximate surface area is 117 Å². The molecular formula is C17H26N2. The van der Waals surface area contributed by atoms with Gasteiger partial charge in [0, 0.05) is 6.54 Å². The summed E-state index contributed by atoms with van der Waals surface area (Å²) in [7, 11) is 0. The van der Waals surface area contributed by atoms with Gasteiger partial charge in [0.2, 0.25) is 0 Å². The van der Waals surface area contributed by atoms with Gasteiger partial charge in [-0.3, -0.25) is 0 Å². The third-order valence-corrected chi connectivity index (χ3v) is 3.57. The van der Waals surface area contributed by atoms with Crippen LogP contribution in [0.5, 0.6) is 0 Å². The lowest BCUT2D eigenvalue weighted by Crippen LogP contribution is -2.26. The summed E-state index contributed by atoms with van der Waals surface area (Å²) < 4.78 is 0. The predicted octanol–water partition coefficient (Wildman–Crippen LogP) is 3.74. The zero-order chi connectivity index (χ0) is 14.3. The molecule has 1 rings (SSSR count). The van der Waals surface area contributed by atoms with Crippen molar-refractivity contribution in [3.63, 3.8) is 0 Å². The molecule has 1 unspecified atom stereocenters. The lowest BCUT2D eigenvalue weighted by Gasteiger charge is -2.13. The molecule has 104 valence electrons. The molecule has 2 heteroatoms. The van der Waals surface area contributed by atoms with Crippen molar-refractivity contribution in [3.8, 4) is 6.07 Å². The third-order valence-electron chi connectivity index (χ3n) is 3.57. The molecule has 0 aliphatic carbocycles. The van der Waals surface area contributed by atoms with Crippen LogP contribution in [-0.4, -0.2) is 13.1 Å². The molecule has 19 heavy (non-hydrogen) atoms. The lowest BCUT2D eigenvalue weighted by atomic mass is 9.97. The smallest absolute Gasteiger partial charge is 0.0671 e. The van der Waals surface area contributed by atoms with E-state index in [1.165, 1.54) is 11.1 Å². The molecule has 1 aromatic carbocycles. The fraction of sp³-hybridized carbons (Fsp3) is 0.588. The first kappa shape index (κ1) is 15.7. The fourth-order valence-corrected chi connectivity index (χ4v) is 1.99. The summed E-state index contributed by atoms with van der Waals surface area (Å²) in [5.74, 6) is 1.13. The van der Waals surface area contributed by atoms with Gasteiger partial charge >= 0.3 is 0 Å². The van der Waals surface area contributed by atoms with Gasteiger partial charge in [0.25, 0.3) is 0 Å². The van der Waals surface area contributed by atoms with Crippen LogP contribution < -0.4 is 5.32 Å². The minimum atomic E-state index is 0.114. The normalized spacial score (nSPS) is 12.7. The Morgan fingerprint density at radius 1 is 1.11 bits per heavy atom. The van der Waals surface area contributed by atoms with Crippen LogP contribution in [-0.2, 0) is 6.42 Å². The maximum atomic E-state index is 9.01. The van der Waals surface area contributed by atoms with E-state index in [2.05, 4.69) is 63.3 Å². The number of nitrogens with one attached hydrogen (secondary N) is 1. The second kappa shape index (κ2) is 7.96. The van der Waals surface area contributed by atoms with Crippen molar-refractivity contribution in [1.82, 2.24) is 5.32 Å². The van der Waals surface area contributed by atoms with Crippen LogP contribution in [0.1, 0.15) is 44.7 Å². The number of benzene rings is 1. The van der Waals surface area contributed by atoms with E-state index >= 15 is 0 Å². The van der Waals surface area contributed by atoms with E-state index in [-0.39, 0.29) is 5.92 Å². The average Bonchev–Trinajstić information content (AvgIpc) is 2.38. The summed E-state index contributed by atoms with van der Waals surface area (Å²) in [6.07, 6.45) is 1.02. The summed E-state index contributed by atoms with van der Waals surface area (Å²) in [5.41, 5.74) is 2.75. The number of rotatable bonds is 7. The monoisotopic (exact) mass is 258 g/mol. The summed E-state index contributed by atoms with van der Waals surface area (Å²) in [6, 6.07) is 11.2. The Balaban J connectivity index is 2.32. The molecule has 0 radical (unpaired) electrons. The molecule has 1 N–H and O–H groups in total. The molecule has 0 aliphatic heterocycles. The standard InChI is InChI=1S/C17H26N2/c1-13(2)16-7-5-15(6-8-16)9-10-19-12-17(11-18)14(3)4/h5-8,13-14,17,19H,9-10,12H2,1-4H3. The molecule has 0 fully saturated rings. The molecule has 0 saturated carbocycles. The van der Waals surface area contributed by atoms with Crippen molar-refractivity contribution in [2.45, 2.75) is 40.0 Å². The molecule has 1 aromatic rings. The van der Waals surface area contributed by atoms with Crippen molar-refractivity contribution in [3.05, 3.63) is 35.4 Å². The van der Waals surface area contributed by atoms with E-state index in [1.54, 1.807) is 0 Å². The Kier molecular flexibility index (Phi) is 6.59. The molecule has 0 spiro atoms. The Bertz CT molecular complexity index is 398. The van der Waals surface area contributed by atoms with Crippen molar-refractivity contribution in [2.24, 2.45) is 11.8 Å². The minimum Gasteiger partial charge on any atom is -0.315 e. The topological polar surface area (TPSA) is 35.8 Å². The van der Waals surface area contributed by atoms with Gasteiger partial charge in [-0.05, 0) is 35.9 Å². The van der Waals surface area contributed by atoms with Gasteiger partial charge in [0.05, 0.1) is 12.0 Å². The van der Waals surface area contributed by atoms with Crippen LogP contribution in [0.2, 0.25) is 0 Å². The Hall–Kier alpha value is -1.33. The predicted molar refractivity (Wildman–Crippen MR) is 81.0 cm³/mol. The first-order valence-corrected chi connectivity index (χ1v) is 7.23. The zero-order valence-corrected chi connectivity index (χ0v) is 12.6. The number of nitrogens with zero attached hydrogens (tertiary/aromatic N) is 1. The summed E-state index contributed by atoms with van der Waals surface area (Å²) in [4.78, 5) is 0. The van der Waals surface area contributed by atoms with Gasteiger partial charge in [-0.2, -0.15) is 5.26 Å². The summed E-state index contributed by atoms with van der Waals surface area (Å²) >= 11 is 0. The Morgan fingerprint density at radius 2 is 1.74 bits per heavy atom. The fourth-order valence-electron chi connectivity index (χ4n) is 1.99. The van der Waals surface area contributed by atoms with Crippen LogP contribution in [0, 0.1) is 23.2 Å². The summed E-state index contributed by atoms with van der Waals surface area (Å²) in [6.45, 7) is 10.3. The second-order valence-corrected chi connectivity index (χ2v) is 5.83. The average molecular weight is 258 g/mol. The molecule has 0 heterocycles. The number of hydrogen-bond donors (Lipinski definition) is 1. The summed E-state index contributed by atoms with van der Waals surface area (Å²) in [5, 5.41) is 12.4. The molecule has 0 saturated heterocycles. The largest absolute Gasteiger partial charge is 0.315 e. The Morgan fingerprint density at radius 3 is 2.21 bits per heavy atom. The van der Waals surface area contributed by atoms with E-state index in [0.29, 0.717) is 11.8 Å². The highest BCUT2D eigenvalue weighted by atomic mass is 14.9. The molecule has 0 bridgehead atoms. The maximum Gasteiger partial charge on any atom is 0.0671 e. The van der Waals surface area contributed by atoms with E-state index in [4.69, 9.17) is 5.26 Å². The van der Waals surface area contributed by atoms with Gasteiger partial charge < -0.3 is 5.32 Å². The number of hydrogen-bond acceptors (Lipinski definition) is 2. The van der Waals surface area contributed by atoms with E-state index < -0.39 is 0 Å². The van der Waals surface area contributed by atoms with Gasteiger partial charge in [-0.1, -0.05) is 52.0 Å². The van der Waals surface area contributed by atoms with E-state index in [1.807, 2.05) is 0 Å².